The molecular formula is C22H20F2N2O4. The van der Waals surface area contributed by atoms with Crippen LogP contribution >= 0.6 is 0 Å². The van der Waals surface area contributed by atoms with Gasteiger partial charge in [-0.2, -0.15) is 0 Å². The molecule has 0 unspecified atom stereocenters. The van der Waals surface area contributed by atoms with E-state index in [-0.39, 0.29) is 5.69 Å². The Balaban J connectivity index is 2.03. The van der Waals surface area contributed by atoms with Gasteiger partial charge in [0.15, 0.2) is 12.2 Å². The predicted molar refractivity (Wildman–Crippen MR) is 106 cm³/mol. The third kappa shape index (κ3) is 4.89. The summed E-state index contributed by atoms with van der Waals surface area (Å²) in [4.78, 5) is 30.3. The van der Waals surface area contributed by atoms with Crippen molar-refractivity contribution >= 4 is 17.6 Å². The first kappa shape index (κ1) is 21.2. The van der Waals surface area contributed by atoms with Crippen molar-refractivity contribution in [1.29, 1.82) is 0 Å². The van der Waals surface area contributed by atoms with Crippen LogP contribution in [-0.2, 0) is 9.53 Å². The van der Waals surface area contributed by atoms with Crippen molar-refractivity contribution in [2.75, 3.05) is 11.4 Å². The maximum atomic E-state index is 14.3. The molecule has 0 saturated carbocycles. The Bertz CT molecular complexity index is 1040. The summed E-state index contributed by atoms with van der Waals surface area (Å²) in [6.07, 6.45) is 2.73. The van der Waals surface area contributed by atoms with Gasteiger partial charge in [0.2, 0.25) is 0 Å². The van der Waals surface area contributed by atoms with E-state index in [1.807, 2.05) is 0 Å². The van der Waals surface area contributed by atoms with Gasteiger partial charge in [0, 0.05) is 11.3 Å². The van der Waals surface area contributed by atoms with Crippen molar-refractivity contribution in [2.24, 2.45) is 0 Å². The van der Waals surface area contributed by atoms with Gasteiger partial charge in [-0.1, -0.05) is 18.2 Å². The number of amides is 1. The first-order valence-electron chi connectivity index (χ1n) is 9.12. The quantitative estimate of drug-likeness (QED) is 0.570. The normalized spacial score (nSPS) is 11.2. The van der Waals surface area contributed by atoms with Crippen LogP contribution in [0, 0.1) is 11.6 Å². The maximum absolute atomic E-state index is 14.3. The van der Waals surface area contributed by atoms with E-state index in [4.69, 9.17) is 9.15 Å². The zero-order valence-electron chi connectivity index (χ0n) is 16.7. The lowest BCUT2D eigenvalue weighted by Crippen LogP contribution is -2.39. The van der Waals surface area contributed by atoms with Crippen molar-refractivity contribution in [3.8, 4) is 11.3 Å². The van der Waals surface area contributed by atoms with E-state index in [9.17, 15) is 18.4 Å². The Morgan fingerprint density at radius 3 is 2.37 bits per heavy atom. The monoisotopic (exact) mass is 414 g/mol. The van der Waals surface area contributed by atoms with Crippen LogP contribution in [0.2, 0.25) is 0 Å². The number of rotatable bonds is 5. The standard InChI is InChI=1S/C22H20F2N2O4/c1-22(2,3)30-19(27)12-26(21(28)20-16(23)8-5-9-17(20)24)15-7-4-6-14(10-15)18-11-25-13-29-18/h4-11,13H,12H2,1-3H3. The molecule has 0 radical (unpaired) electrons. The van der Waals surface area contributed by atoms with Gasteiger partial charge in [-0.05, 0) is 45.0 Å². The van der Waals surface area contributed by atoms with Crippen LogP contribution < -0.4 is 4.90 Å². The fourth-order valence-electron chi connectivity index (χ4n) is 2.81. The van der Waals surface area contributed by atoms with Crippen molar-refractivity contribution in [3.05, 3.63) is 72.3 Å². The predicted octanol–water partition coefficient (Wildman–Crippen LogP) is 4.61. The van der Waals surface area contributed by atoms with Gasteiger partial charge in [-0.15, -0.1) is 0 Å². The minimum atomic E-state index is -1.03. The number of nitrogens with zero attached hydrogens (tertiary/aromatic N) is 2. The number of esters is 1. The molecular weight excluding hydrogens is 394 g/mol. The molecule has 0 N–H and O–H groups in total. The summed E-state index contributed by atoms with van der Waals surface area (Å²) in [6, 6.07) is 9.55. The van der Waals surface area contributed by atoms with Crippen LogP contribution in [0.25, 0.3) is 11.3 Å². The minimum absolute atomic E-state index is 0.238. The highest BCUT2D eigenvalue weighted by atomic mass is 19.1. The van der Waals surface area contributed by atoms with E-state index in [0.717, 1.165) is 23.1 Å². The average molecular weight is 414 g/mol. The molecule has 156 valence electrons. The highest BCUT2D eigenvalue weighted by molar-refractivity contribution is 6.08. The molecule has 0 aliphatic heterocycles. The van der Waals surface area contributed by atoms with Crippen LogP contribution in [0.15, 0.2) is 59.5 Å². The molecule has 6 nitrogen and oxygen atoms in total. The molecule has 1 amide bonds. The van der Waals surface area contributed by atoms with Gasteiger partial charge in [-0.3, -0.25) is 14.5 Å². The van der Waals surface area contributed by atoms with E-state index in [0.29, 0.717) is 11.3 Å². The molecule has 30 heavy (non-hydrogen) atoms. The lowest BCUT2D eigenvalue weighted by Gasteiger charge is -2.26. The van der Waals surface area contributed by atoms with Crippen LogP contribution in [0.4, 0.5) is 14.5 Å². The summed E-state index contributed by atoms with van der Waals surface area (Å²) < 4.78 is 39.1. The number of benzene rings is 2. The minimum Gasteiger partial charge on any atom is -0.459 e. The van der Waals surface area contributed by atoms with E-state index in [1.54, 1.807) is 45.0 Å². The summed E-state index contributed by atoms with van der Waals surface area (Å²) >= 11 is 0. The van der Waals surface area contributed by atoms with Gasteiger partial charge in [0.05, 0.1) is 6.20 Å². The SMILES string of the molecule is CC(C)(C)OC(=O)CN(C(=O)c1c(F)cccc1F)c1cccc(-c2cnco2)c1. The molecule has 0 atom stereocenters. The van der Waals surface area contributed by atoms with Gasteiger partial charge < -0.3 is 9.15 Å². The first-order valence-corrected chi connectivity index (χ1v) is 9.12. The number of halogens is 2. The molecule has 0 aliphatic rings. The summed E-state index contributed by atoms with van der Waals surface area (Å²) in [5, 5.41) is 0. The number of carbonyl (C=O) groups is 2. The van der Waals surface area contributed by atoms with Gasteiger partial charge in [-0.25, -0.2) is 13.8 Å². The third-order valence-corrected chi connectivity index (χ3v) is 4.00. The number of hydrogen-bond donors (Lipinski definition) is 0. The van der Waals surface area contributed by atoms with E-state index >= 15 is 0 Å². The van der Waals surface area contributed by atoms with E-state index in [2.05, 4.69) is 4.98 Å². The smallest absolute Gasteiger partial charge is 0.326 e. The zero-order valence-corrected chi connectivity index (χ0v) is 16.7. The van der Waals surface area contributed by atoms with E-state index in [1.165, 1.54) is 12.6 Å². The Hall–Kier alpha value is -3.55. The maximum Gasteiger partial charge on any atom is 0.326 e. The van der Waals surface area contributed by atoms with Crippen LogP contribution in [0.1, 0.15) is 31.1 Å². The number of oxazole rings is 1. The number of ether oxygens (including phenoxy) is 1. The van der Waals surface area contributed by atoms with Crippen molar-refractivity contribution in [2.45, 2.75) is 26.4 Å². The van der Waals surface area contributed by atoms with E-state index < -0.39 is 41.2 Å². The Morgan fingerprint density at radius 2 is 1.77 bits per heavy atom. The highest BCUT2D eigenvalue weighted by Gasteiger charge is 2.28. The first-order chi connectivity index (χ1) is 14.2. The molecule has 2 aromatic carbocycles. The summed E-state index contributed by atoms with van der Waals surface area (Å²) in [6.45, 7) is 4.50. The molecule has 1 heterocycles. The third-order valence-electron chi connectivity index (χ3n) is 4.00. The molecule has 8 heteroatoms. The Kier molecular flexibility index (Phi) is 5.96. The second-order valence-corrected chi connectivity index (χ2v) is 7.49. The number of carbonyl (C=O) groups excluding carboxylic acids is 2. The number of hydrogen-bond acceptors (Lipinski definition) is 5. The molecule has 0 spiro atoms. The fourth-order valence-corrected chi connectivity index (χ4v) is 2.81. The van der Waals surface area contributed by atoms with Crippen LogP contribution in [0.3, 0.4) is 0 Å². The largest absolute Gasteiger partial charge is 0.459 e. The lowest BCUT2D eigenvalue weighted by atomic mass is 10.1. The fraction of sp³-hybridized carbons (Fsp3) is 0.227. The average Bonchev–Trinajstić information content (AvgIpc) is 3.19. The van der Waals surface area contributed by atoms with Gasteiger partial charge >= 0.3 is 5.97 Å². The molecule has 0 bridgehead atoms. The molecule has 3 rings (SSSR count). The van der Waals surface area contributed by atoms with Crippen molar-refractivity contribution < 1.29 is 27.5 Å². The second kappa shape index (κ2) is 8.44. The highest BCUT2D eigenvalue weighted by Crippen LogP contribution is 2.27. The number of anilines is 1. The second-order valence-electron chi connectivity index (χ2n) is 7.49. The summed E-state index contributed by atoms with van der Waals surface area (Å²) in [5.41, 5.74) is -0.744. The molecule has 1 aromatic heterocycles. The summed E-state index contributed by atoms with van der Waals surface area (Å²) in [7, 11) is 0. The molecule has 3 aromatic rings. The molecule has 0 saturated heterocycles. The summed E-state index contributed by atoms with van der Waals surface area (Å²) in [5.74, 6) is -3.36. The Morgan fingerprint density at radius 1 is 1.10 bits per heavy atom. The molecule has 0 aliphatic carbocycles. The van der Waals surface area contributed by atoms with Gasteiger partial charge in [0.1, 0.15) is 29.3 Å². The topological polar surface area (TPSA) is 72.6 Å². The van der Waals surface area contributed by atoms with Crippen LogP contribution in [-0.4, -0.2) is 29.0 Å². The van der Waals surface area contributed by atoms with Crippen LogP contribution in [0.5, 0.6) is 0 Å². The molecule has 0 fully saturated rings. The van der Waals surface area contributed by atoms with Crippen molar-refractivity contribution in [3.63, 3.8) is 0 Å². The number of aromatic nitrogens is 1. The zero-order chi connectivity index (χ0) is 21.9. The van der Waals surface area contributed by atoms with Crippen molar-refractivity contribution in [1.82, 2.24) is 4.98 Å². The van der Waals surface area contributed by atoms with Gasteiger partial charge in [0.25, 0.3) is 5.91 Å². The lowest BCUT2D eigenvalue weighted by molar-refractivity contribution is -0.152. The Labute approximate surface area is 172 Å².